The van der Waals surface area contributed by atoms with Gasteiger partial charge in [-0.2, -0.15) is 5.26 Å². The molecular weight excluding hydrogens is 451 g/mol. The van der Waals surface area contributed by atoms with Crippen LogP contribution in [0.4, 0.5) is 10.1 Å². The Morgan fingerprint density at radius 2 is 1.90 bits per heavy atom. The SMILES string of the molecule is N#CC(=Cc1ccc(OCc2ccccc2F)c(Br)c1)C(=O)Nc1ccc(O)cc1. The fourth-order valence-electron chi connectivity index (χ4n) is 2.55. The molecule has 150 valence electrons. The van der Waals surface area contributed by atoms with Gasteiger partial charge in [0.2, 0.25) is 0 Å². The predicted octanol–water partition coefficient (Wildman–Crippen LogP) is 5.42. The van der Waals surface area contributed by atoms with Crippen LogP contribution in [-0.2, 0) is 11.4 Å². The highest BCUT2D eigenvalue weighted by Crippen LogP contribution is 2.28. The number of amides is 1. The van der Waals surface area contributed by atoms with Gasteiger partial charge in [0.15, 0.2) is 0 Å². The maximum Gasteiger partial charge on any atom is 0.266 e. The van der Waals surface area contributed by atoms with Gasteiger partial charge in [0.25, 0.3) is 5.91 Å². The van der Waals surface area contributed by atoms with E-state index in [4.69, 9.17) is 4.74 Å². The van der Waals surface area contributed by atoms with Gasteiger partial charge >= 0.3 is 0 Å². The number of nitriles is 1. The molecule has 7 heteroatoms. The number of benzene rings is 3. The van der Waals surface area contributed by atoms with Crippen molar-refractivity contribution in [2.45, 2.75) is 6.61 Å². The van der Waals surface area contributed by atoms with Crippen LogP contribution in [0.15, 0.2) is 76.8 Å². The maximum atomic E-state index is 13.7. The summed E-state index contributed by atoms with van der Waals surface area (Å²) in [5.41, 5.74) is 1.41. The molecule has 0 aromatic heterocycles. The number of carbonyl (C=O) groups is 1. The summed E-state index contributed by atoms with van der Waals surface area (Å²) >= 11 is 3.39. The lowest BCUT2D eigenvalue weighted by Crippen LogP contribution is -2.13. The van der Waals surface area contributed by atoms with Crippen molar-refractivity contribution in [1.82, 2.24) is 0 Å². The maximum absolute atomic E-state index is 13.7. The number of anilines is 1. The summed E-state index contributed by atoms with van der Waals surface area (Å²) in [4.78, 5) is 12.3. The summed E-state index contributed by atoms with van der Waals surface area (Å²) in [5.74, 6) is -0.334. The average Bonchev–Trinajstić information content (AvgIpc) is 2.74. The Balaban J connectivity index is 1.71. The molecule has 0 atom stereocenters. The van der Waals surface area contributed by atoms with Crippen molar-refractivity contribution in [2.75, 3.05) is 5.32 Å². The van der Waals surface area contributed by atoms with E-state index in [2.05, 4.69) is 21.2 Å². The molecule has 0 aliphatic carbocycles. The number of hydrogen-bond donors (Lipinski definition) is 2. The third-order valence-electron chi connectivity index (χ3n) is 4.10. The minimum absolute atomic E-state index is 0.0684. The zero-order valence-corrected chi connectivity index (χ0v) is 17.2. The number of nitrogens with one attached hydrogen (secondary N) is 1. The molecular formula is C23H16BrFN2O3. The lowest BCUT2D eigenvalue weighted by molar-refractivity contribution is -0.112. The number of carbonyl (C=O) groups excluding carboxylic acids is 1. The van der Waals surface area contributed by atoms with Gasteiger partial charge in [-0.3, -0.25) is 4.79 Å². The fraction of sp³-hybridized carbons (Fsp3) is 0.0435. The highest BCUT2D eigenvalue weighted by molar-refractivity contribution is 9.10. The summed E-state index contributed by atoms with van der Waals surface area (Å²) in [6, 6.07) is 19.2. The number of ether oxygens (including phenoxy) is 1. The van der Waals surface area contributed by atoms with Crippen LogP contribution in [-0.4, -0.2) is 11.0 Å². The highest BCUT2D eigenvalue weighted by atomic mass is 79.9. The van der Waals surface area contributed by atoms with Crippen molar-refractivity contribution in [3.63, 3.8) is 0 Å². The van der Waals surface area contributed by atoms with Crippen molar-refractivity contribution in [2.24, 2.45) is 0 Å². The van der Waals surface area contributed by atoms with E-state index in [1.807, 2.05) is 6.07 Å². The molecule has 0 fully saturated rings. The predicted molar refractivity (Wildman–Crippen MR) is 115 cm³/mol. The Hall–Kier alpha value is -3.63. The van der Waals surface area contributed by atoms with Crippen LogP contribution in [0, 0.1) is 17.1 Å². The Morgan fingerprint density at radius 1 is 1.17 bits per heavy atom. The van der Waals surface area contributed by atoms with Crippen molar-refractivity contribution in [3.8, 4) is 17.6 Å². The number of aromatic hydroxyl groups is 1. The van der Waals surface area contributed by atoms with Gasteiger partial charge in [0.1, 0.15) is 35.6 Å². The summed E-state index contributed by atoms with van der Waals surface area (Å²) < 4.78 is 20.0. The lowest BCUT2D eigenvalue weighted by atomic mass is 10.1. The Labute approximate surface area is 181 Å². The molecule has 0 radical (unpaired) electrons. The van der Waals surface area contributed by atoms with Crippen LogP contribution < -0.4 is 10.1 Å². The monoisotopic (exact) mass is 466 g/mol. The first-order valence-electron chi connectivity index (χ1n) is 8.84. The summed E-state index contributed by atoms with van der Waals surface area (Å²) in [7, 11) is 0. The van der Waals surface area contributed by atoms with Gasteiger partial charge in [0, 0.05) is 11.3 Å². The molecule has 0 aliphatic heterocycles. The summed E-state index contributed by atoms with van der Waals surface area (Å²) in [5, 5.41) is 21.2. The van der Waals surface area contributed by atoms with Gasteiger partial charge in [-0.1, -0.05) is 24.3 Å². The van der Waals surface area contributed by atoms with E-state index in [1.54, 1.807) is 36.4 Å². The molecule has 0 aliphatic rings. The number of hydrogen-bond acceptors (Lipinski definition) is 4. The quantitative estimate of drug-likeness (QED) is 0.288. The molecule has 3 aromatic rings. The van der Waals surface area contributed by atoms with Crippen molar-refractivity contribution >= 4 is 33.6 Å². The molecule has 0 bridgehead atoms. The lowest BCUT2D eigenvalue weighted by Gasteiger charge is -2.10. The molecule has 0 heterocycles. The third-order valence-corrected chi connectivity index (χ3v) is 4.72. The minimum Gasteiger partial charge on any atom is -0.508 e. The highest BCUT2D eigenvalue weighted by Gasteiger charge is 2.11. The molecule has 5 nitrogen and oxygen atoms in total. The van der Waals surface area contributed by atoms with Crippen molar-refractivity contribution in [1.29, 1.82) is 5.26 Å². The first-order chi connectivity index (χ1) is 14.5. The number of nitrogens with zero attached hydrogens (tertiary/aromatic N) is 1. The van der Waals surface area contributed by atoms with Crippen molar-refractivity contribution < 1.29 is 19.0 Å². The van der Waals surface area contributed by atoms with Crippen LogP contribution in [0.3, 0.4) is 0 Å². The van der Waals surface area contributed by atoms with E-state index in [9.17, 15) is 19.6 Å². The van der Waals surface area contributed by atoms with Crippen LogP contribution >= 0.6 is 15.9 Å². The summed E-state index contributed by atoms with van der Waals surface area (Å²) in [6.45, 7) is 0.0684. The van der Waals surface area contributed by atoms with Crippen LogP contribution in [0.1, 0.15) is 11.1 Å². The average molecular weight is 467 g/mol. The minimum atomic E-state index is -0.570. The largest absolute Gasteiger partial charge is 0.508 e. The van der Waals surface area contributed by atoms with E-state index in [0.29, 0.717) is 27.0 Å². The molecule has 2 N–H and O–H groups in total. The molecule has 30 heavy (non-hydrogen) atoms. The Bertz CT molecular complexity index is 1140. The van der Waals surface area contributed by atoms with Crippen LogP contribution in [0.5, 0.6) is 11.5 Å². The van der Waals surface area contributed by atoms with E-state index in [1.165, 1.54) is 36.4 Å². The zero-order chi connectivity index (χ0) is 21.5. The zero-order valence-electron chi connectivity index (χ0n) is 15.6. The first kappa shape index (κ1) is 21.1. The number of rotatable bonds is 6. The van der Waals surface area contributed by atoms with E-state index >= 15 is 0 Å². The van der Waals surface area contributed by atoms with Gasteiger partial charge in [0.05, 0.1) is 4.47 Å². The molecule has 3 rings (SSSR count). The van der Waals surface area contributed by atoms with E-state index < -0.39 is 5.91 Å². The second-order valence-corrected chi connectivity index (χ2v) is 7.10. The van der Waals surface area contributed by atoms with Gasteiger partial charge < -0.3 is 15.2 Å². The first-order valence-corrected chi connectivity index (χ1v) is 9.63. The second kappa shape index (κ2) is 9.72. The molecule has 3 aromatic carbocycles. The number of halogens is 2. The van der Waals surface area contributed by atoms with Gasteiger partial charge in [-0.05, 0) is 70.0 Å². The second-order valence-electron chi connectivity index (χ2n) is 6.24. The normalized spacial score (nSPS) is 10.9. The molecule has 0 spiro atoms. The van der Waals surface area contributed by atoms with E-state index in [0.717, 1.165) is 0 Å². The standard InChI is InChI=1S/C23H16BrFN2O3/c24-20-12-15(5-10-22(20)30-14-16-3-1-2-4-21(16)25)11-17(13-26)23(29)27-18-6-8-19(28)9-7-18/h1-12,28H,14H2,(H,27,29). The van der Waals surface area contributed by atoms with Crippen molar-refractivity contribution in [3.05, 3.63) is 93.7 Å². The van der Waals surface area contributed by atoms with E-state index in [-0.39, 0.29) is 23.7 Å². The summed E-state index contributed by atoms with van der Waals surface area (Å²) in [6.07, 6.45) is 1.45. The van der Waals surface area contributed by atoms with Gasteiger partial charge in [-0.15, -0.1) is 0 Å². The Morgan fingerprint density at radius 3 is 2.57 bits per heavy atom. The van der Waals surface area contributed by atoms with Crippen LogP contribution in [0.25, 0.3) is 6.08 Å². The molecule has 0 saturated carbocycles. The molecule has 0 unspecified atom stereocenters. The topological polar surface area (TPSA) is 82.3 Å². The number of phenolic OH excluding ortho intramolecular Hbond substituents is 1. The molecule has 0 saturated heterocycles. The number of phenols is 1. The van der Waals surface area contributed by atoms with Gasteiger partial charge in [-0.25, -0.2) is 4.39 Å². The smallest absolute Gasteiger partial charge is 0.266 e. The fourth-order valence-corrected chi connectivity index (χ4v) is 3.06. The van der Waals surface area contributed by atoms with Crippen LogP contribution in [0.2, 0.25) is 0 Å². The Kier molecular flexibility index (Phi) is 6.83. The third kappa shape index (κ3) is 5.46. The molecule has 1 amide bonds.